The van der Waals surface area contributed by atoms with Crippen molar-refractivity contribution in [1.82, 2.24) is 0 Å². The van der Waals surface area contributed by atoms with Gasteiger partial charge in [0.2, 0.25) is 0 Å². The average Bonchev–Trinajstić information content (AvgIpc) is 2.82. The van der Waals surface area contributed by atoms with Crippen LogP contribution in [0, 0.1) is 11.8 Å². The van der Waals surface area contributed by atoms with E-state index in [0.29, 0.717) is 22.7 Å². The van der Waals surface area contributed by atoms with Gasteiger partial charge >= 0.3 is 5.97 Å². The van der Waals surface area contributed by atoms with Crippen molar-refractivity contribution < 1.29 is 19.1 Å². The molecule has 0 bridgehead atoms. The molecule has 166 valence electrons. The van der Waals surface area contributed by atoms with Crippen LogP contribution in [-0.4, -0.2) is 30.7 Å². The molecule has 3 aliphatic rings. The Labute approximate surface area is 187 Å². The number of carbonyl (C=O) groups is 3. The maximum atomic E-state index is 13.3. The highest BCUT2D eigenvalue weighted by atomic mass is 16.5. The van der Waals surface area contributed by atoms with Gasteiger partial charge in [-0.2, -0.15) is 0 Å². The third kappa shape index (κ3) is 3.29. The number of ether oxygens (including phenoxy) is 1. The zero-order valence-electron chi connectivity index (χ0n) is 18.3. The zero-order valence-corrected chi connectivity index (χ0v) is 18.3. The second-order valence-corrected chi connectivity index (χ2v) is 9.23. The first-order valence-electron chi connectivity index (χ1n) is 11.5. The number of carbonyl (C=O) groups excluding carboxylic acids is 3. The summed E-state index contributed by atoms with van der Waals surface area (Å²) >= 11 is 0. The lowest BCUT2D eigenvalue weighted by molar-refractivity contribution is -0.000833. The molecule has 0 aliphatic heterocycles. The van der Waals surface area contributed by atoms with Gasteiger partial charge in [-0.25, -0.2) is 4.79 Å². The second-order valence-electron chi connectivity index (χ2n) is 9.23. The summed E-state index contributed by atoms with van der Waals surface area (Å²) in [6, 6.07) is 8.23. The largest absolute Gasteiger partial charge is 0.459 e. The van der Waals surface area contributed by atoms with Gasteiger partial charge in [-0.1, -0.05) is 49.9 Å². The first-order chi connectivity index (χ1) is 15.5. The topological polar surface area (TPSA) is 98.5 Å². The lowest BCUT2D eigenvalue weighted by Gasteiger charge is -2.38. The minimum absolute atomic E-state index is 0.0169. The molecular formula is C26H28N2O4. The molecule has 2 aromatic rings. The number of hydrogen-bond donors (Lipinski definition) is 2. The van der Waals surface area contributed by atoms with E-state index in [4.69, 9.17) is 10.5 Å². The van der Waals surface area contributed by atoms with Crippen molar-refractivity contribution >= 4 is 28.9 Å². The number of benzene rings is 2. The van der Waals surface area contributed by atoms with E-state index in [-0.39, 0.29) is 40.0 Å². The number of nitrogens with two attached hydrogens (primary N) is 1. The fourth-order valence-electron chi connectivity index (χ4n) is 5.84. The monoisotopic (exact) mass is 432 g/mol. The summed E-state index contributed by atoms with van der Waals surface area (Å²) in [5.74, 6) is 0.232. The van der Waals surface area contributed by atoms with Crippen molar-refractivity contribution in [1.29, 1.82) is 0 Å². The van der Waals surface area contributed by atoms with E-state index >= 15 is 0 Å². The van der Waals surface area contributed by atoms with E-state index in [2.05, 4.69) is 5.32 Å². The van der Waals surface area contributed by atoms with Crippen LogP contribution < -0.4 is 11.1 Å². The zero-order chi connectivity index (χ0) is 22.4. The van der Waals surface area contributed by atoms with Gasteiger partial charge in [-0.3, -0.25) is 9.59 Å². The Balaban J connectivity index is 1.47. The third-order valence-corrected chi connectivity index (χ3v) is 7.49. The van der Waals surface area contributed by atoms with E-state index < -0.39 is 5.97 Å². The first-order valence-corrected chi connectivity index (χ1v) is 11.5. The molecular weight excluding hydrogens is 404 g/mol. The van der Waals surface area contributed by atoms with Crippen molar-refractivity contribution in [2.75, 3.05) is 18.1 Å². The molecule has 0 heterocycles. The van der Waals surface area contributed by atoms with Gasteiger partial charge in [0.25, 0.3) is 0 Å². The van der Waals surface area contributed by atoms with E-state index in [1.807, 2.05) is 0 Å². The van der Waals surface area contributed by atoms with Gasteiger partial charge in [0.05, 0.1) is 22.4 Å². The molecule has 3 N–H and O–H groups in total. The fourth-order valence-corrected chi connectivity index (χ4v) is 5.84. The van der Waals surface area contributed by atoms with Crippen molar-refractivity contribution in [3.63, 3.8) is 0 Å². The Kier molecular flexibility index (Phi) is 5.24. The number of anilines is 2. The Morgan fingerprint density at radius 2 is 1.62 bits per heavy atom. The van der Waals surface area contributed by atoms with Crippen LogP contribution in [0.15, 0.2) is 30.3 Å². The number of ketones is 2. The van der Waals surface area contributed by atoms with E-state index in [9.17, 15) is 14.4 Å². The number of fused-ring (bicyclic) bond motifs is 3. The van der Waals surface area contributed by atoms with Crippen molar-refractivity contribution in [3.05, 3.63) is 58.1 Å². The lowest BCUT2D eigenvalue weighted by Crippen LogP contribution is -2.33. The normalized spacial score (nSPS) is 24.2. The number of rotatable bonds is 3. The molecule has 0 aromatic heterocycles. The SMILES string of the molecule is CNc1cc(C(=O)O[C@@H]2CC[C@@H]3CCCCC3C2)c(N)c2c1C(=O)c1ccccc1C2=O. The number of nitrogens with one attached hydrogen (secondary N) is 1. The third-order valence-electron chi connectivity index (χ3n) is 7.49. The minimum Gasteiger partial charge on any atom is -0.459 e. The van der Waals surface area contributed by atoms with Crippen LogP contribution in [-0.2, 0) is 4.74 Å². The fraction of sp³-hybridized carbons (Fsp3) is 0.423. The molecule has 6 heteroatoms. The van der Waals surface area contributed by atoms with Crippen LogP contribution in [0.2, 0.25) is 0 Å². The highest BCUT2D eigenvalue weighted by Gasteiger charge is 2.37. The quantitative estimate of drug-likeness (QED) is 0.464. The molecule has 5 rings (SSSR count). The van der Waals surface area contributed by atoms with Gasteiger partial charge in [0, 0.05) is 23.9 Å². The average molecular weight is 433 g/mol. The van der Waals surface area contributed by atoms with Gasteiger partial charge in [-0.15, -0.1) is 0 Å². The molecule has 0 radical (unpaired) electrons. The van der Waals surface area contributed by atoms with Crippen molar-refractivity contribution in [2.45, 2.75) is 51.0 Å². The summed E-state index contributed by atoms with van der Waals surface area (Å²) in [5, 5.41) is 2.96. The highest BCUT2D eigenvalue weighted by molar-refractivity contribution is 6.32. The molecule has 2 aromatic carbocycles. The molecule has 6 nitrogen and oxygen atoms in total. The Morgan fingerprint density at radius 1 is 0.969 bits per heavy atom. The predicted molar refractivity (Wildman–Crippen MR) is 122 cm³/mol. The molecule has 1 unspecified atom stereocenters. The summed E-state index contributed by atoms with van der Waals surface area (Å²) in [4.78, 5) is 39.6. The van der Waals surface area contributed by atoms with E-state index in [0.717, 1.165) is 25.2 Å². The molecule has 0 saturated heterocycles. The van der Waals surface area contributed by atoms with Gasteiger partial charge in [0.15, 0.2) is 11.6 Å². The van der Waals surface area contributed by atoms with Gasteiger partial charge in [-0.05, 0) is 37.2 Å². The molecule has 2 fully saturated rings. The number of nitrogen functional groups attached to an aromatic ring is 1. The summed E-state index contributed by atoms with van der Waals surface area (Å²) in [7, 11) is 1.66. The van der Waals surface area contributed by atoms with Crippen LogP contribution in [0.1, 0.15) is 87.1 Å². The minimum atomic E-state index is -0.528. The van der Waals surface area contributed by atoms with Gasteiger partial charge < -0.3 is 15.8 Å². The molecule has 3 atom stereocenters. The summed E-state index contributed by atoms with van der Waals surface area (Å²) in [5.41, 5.74) is 7.87. The van der Waals surface area contributed by atoms with E-state index in [1.54, 1.807) is 37.4 Å². The van der Waals surface area contributed by atoms with Crippen molar-refractivity contribution in [3.8, 4) is 0 Å². The smallest absolute Gasteiger partial charge is 0.340 e. The lowest BCUT2D eigenvalue weighted by atomic mass is 9.70. The predicted octanol–water partition coefficient (Wildman–Crippen LogP) is 4.60. The van der Waals surface area contributed by atoms with E-state index in [1.165, 1.54) is 25.7 Å². The van der Waals surface area contributed by atoms with Crippen LogP contribution in [0.5, 0.6) is 0 Å². The maximum absolute atomic E-state index is 13.3. The Morgan fingerprint density at radius 3 is 2.31 bits per heavy atom. The molecule has 32 heavy (non-hydrogen) atoms. The molecule has 0 amide bonds. The highest BCUT2D eigenvalue weighted by Crippen LogP contribution is 2.42. The number of esters is 1. The van der Waals surface area contributed by atoms with Crippen molar-refractivity contribution in [2.24, 2.45) is 11.8 Å². The molecule has 2 saturated carbocycles. The maximum Gasteiger partial charge on any atom is 0.340 e. The standard InChI is InChI=1S/C26H28N2O4/c1-28-20-13-19(26(31)32-16-11-10-14-6-2-3-7-15(14)12-16)23(27)22-21(20)24(29)17-8-4-5-9-18(17)25(22)30/h4-5,8-9,13-16,28H,2-3,6-7,10-12,27H2,1H3/t14-,15?,16+/m0/s1. The summed E-state index contributed by atoms with van der Waals surface area (Å²) < 4.78 is 5.89. The number of hydrogen-bond acceptors (Lipinski definition) is 6. The van der Waals surface area contributed by atoms with Gasteiger partial charge in [0.1, 0.15) is 6.10 Å². The first kappa shape index (κ1) is 20.7. The summed E-state index contributed by atoms with van der Waals surface area (Å²) in [6.45, 7) is 0. The van der Waals surface area contributed by atoms with Crippen LogP contribution in [0.3, 0.4) is 0 Å². The Bertz CT molecular complexity index is 1120. The Hall–Kier alpha value is -3.15. The summed E-state index contributed by atoms with van der Waals surface area (Å²) in [6.07, 6.45) is 7.77. The molecule has 3 aliphatic carbocycles. The molecule has 0 spiro atoms. The second kappa shape index (κ2) is 8.08. The van der Waals surface area contributed by atoms with Crippen LogP contribution in [0.25, 0.3) is 0 Å². The van der Waals surface area contributed by atoms with Crippen LogP contribution in [0.4, 0.5) is 11.4 Å². The van der Waals surface area contributed by atoms with Crippen LogP contribution >= 0.6 is 0 Å².